The van der Waals surface area contributed by atoms with Gasteiger partial charge in [0.05, 0.1) is 16.5 Å². The van der Waals surface area contributed by atoms with E-state index in [0.29, 0.717) is 0 Å². The molecule has 0 aliphatic heterocycles. The topological polar surface area (TPSA) is 105 Å². The lowest BCUT2D eigenvalue weighted by Crippen LogP contribution is -2.12. The van der Waals surface area contributed by atoms with Gasteiger partial charge in [0.1, 0.15) is 10.7 Å². The first-order valence-electron chi connectivity index (χ1n) is 6.09. The first kappa shape index (κ1) is 14.9. The van der Waals surface area contributed by atoms with Crippen molar-refractivity contribution in [2.75, 3.05) is 5.32 Å². The lowest BCUT2D eigenvalue weighted by atomic mass is 10.1. The second kappa shape index (κ2) is 5.88. The molecule has 7 nitrogen and oxygen atoms in total. The Balaban J connectivity index is 2.42. The molecule has 0 bridgehead atoms. The summed E-state index contributed by atoms with van der Waals surface area (Å²) in [5.41, 5.74) is -0.408. The van der Waals surface area contributed by atoms with Crippen LogP contribution in [-0.4, -0.2) is 21.0 Å². The van der Waals surface area contributed by atoms with Gasteiger partial charge in [0.25, 0.3) is 5.69 Å². The summed E-state index contributed by atoms with van der Waals surface area (Å²) in [5, 5.41) is 23.9. The minimum absolute atomic E-state index is 0.00430. The maximum atomic E-state index is 11.2. The van der Waals surface area contributed by atoms with E-state index in [1.54, 1.807) is 13.1 Å². The Morgan fingerprint density at radius 2 is 2.24 bits per heavy atom. The molecule has 1 heterocycles. The van der Waals surface area contributed by atoms with Crippen molar-refractivity contribution in [3.8, 4) is 0 Å². The van der Waals surface area contributed by atoms with Crippen LogP contribution in [0.15, 0.2) is 24.4 Å². The van der Waals surface area contributed by atoms with E-state index in [-0.39, 0.29) is 23.0 Å². The smallest absolute Gasteiger partial charge is 0.338 e. The van der Waals surface area contributed by atoms with Crippen molar-refractivity contribution in [3.63, 3.8) is 0 Å². The van der Waals surface area contributed by atoms with E-state index in [1.165, 1.54) is 29.5 Å². The standard InChI is InChI=1S/C13H13N3O4S/c1-7-6-14-12(21-7)8(2)15-11-9(13(17)18)4-3-5-10(11)16(19)20/h3-6,8,15H,1-2H3,(H,17,18). The third-order valence-electron chi connectivity index (χ3n) is 2.84. The number of rotatable bonds is 5. The van der Waals surface area contributed by atoms with Crippen molar-refractivity contribution in [3.05, 3.63) is 50.0 Å². The molecule has 21 heavy (non-hydrogen) atoms. The number of aromatic carboxylic acids is 1. The maximum absolute atomic E-state index is 11.2. The number of carboxylic acid groups (broad SMARTS) is 1. The minimum atomic E-state index is -1.22. The zero-order valence-electron chi connectivity index (χ0n) is 11.4. The number of carboxylic acids is 1. The number of para-hydroxylation sites is 1. The number of nitrogens with one attached hydrogen (secondary N) is 1. The average Bonchev–Trinajstić information content (AvgIpc) is 2.85. The van der Waals surface area contributed by atoms with Crippen LogP contribution < -0.4 is 5.32 Å². The van der Waals surface area contributed by atoms with E-state index in [4.69, 9.17) is 0 Å². The van der Waals surface area contributed by atoms with Gasteiger partial charge in [-0.3, -0.25) is 10.1 Å². The van der Waals surface area contributed by atoms with E-state index in [0.717, 1.165) is 9.88 Å². The Labute approximate surface area is 124 Å². The number of anilines is 1. The summed E-state index contributed by atoms with van der Waals surface area (Å²) >= 11 is 1.45. The molecule has 0 amide bonds. The van der Waals surface area contributed by atoms with Crippen LogP contribution in [0.3, 0.4) is 0 Å². The molecule has 2 N–H and O–H groups in total. The zero-order valence-corrected chi connectivity index (χ0v) is 12.2. The number of hydrogen-bond acceptors (Lipinski definition) is 6. The van der Waals surface area contributed by atoms with Crippen LogP contribution in [0.5, 0.6) is 0 Å². The number of benzene rings is 1. The summed E-state index contributed by atoms with van der Waals surface area (Å²) in [4.78, 5) is 26.9. The number of thiazole rings is 1. The zero-order chi connectivity index (χ0) is 15.6. The lowest BCUT2D eigenvalue weighted by molar-refractivity contribution is -0.384. The maximum Gasteiger partial charge on any atom is 0.338 e. The molecule has 0 saturated carbocycles. The molecule has 1 aromatic heterocycles. The second-order valence-electron chi connectivity index (χ2n) is 4.44. The number of nitrogens with zero attached hydrogens (tertiary/aromatic N) is 2. The quantitative estimate of drug-likeness (QED) is 0.649. The third kappa shape index (κ3) is 3.16. The van der Waals surface area contributed by atoms with Gasteiger partial charge in [-0.1, -0.05) is 6.07 Å². The number of nitro benzene ring substituents is 1. The number of aryl methyl sites for hydroxylation is 1. The molecule has 0 fully saturated rings. The van der Waals surface area contributed by atoms with Crippen LogP contribution >= 0.6 is 11.3 Å². The fourth-order valence-corrected chi connectivity index (χ4v) is 2.65. The van der Waals surface area contributed by atoms with Crippen molar-refractivity contribution in [2.45, 2.75) is 19.9 Å². The Hall–Kier alpha value is -2.48. The molecule has 0 radical (unpaired) electrons. The first-order chi connectivity index (χ1) is 9.90. The van der Waals surface area contributed by atoms with Gasteiger partial charge in [0.15, 0.2) is 0 Å². The van der Waals surface area contributed by atoms with E-state index in [1.807, 2.05) is 6.92 Å². The summed E-state index contributed by atoms with van der Waals surface area (Å²) in [6.45, 7) is 3.68. The SMILES string of the molecule is Cc1cnc(C(C)Nc2c(C(=O)O)cccc2[N+](=O)[O-])s1. The van der Waals surface area contributed by atoms with Crippen LogP contribution in [-0.2, 0) is 0 Å². The molecule has 1 unspecified atom stereocenters. The highest BCUT2D eigenvalue weighted by Gasteiger charge is 2.23. The number of nitro groups is 1. The van der Waals surface area contributed by atoms with Crippen LogP contribution in [0.2, 0.25) is 0 Å². The van der Waals surface area contributed by atoms with Crippen LogP contribution in [0, 0.1) is 17.0 Å². The van der Waals surface area contributed by atoms with Crippen LogP contribution in [0.4, 0.5) is 11.4 Å². The fourth-order valence-electron chi connectivity index (χ4n) is 1.87. The van der Waals surface area contributed by atoms with Gasteiger partial charge < -0.3 is 10.4 Å². The molecule has 0 aliphatic rings. The van der Waals surface area contributed by atoms with E-state index in [9.17, 15) is 20.0 Å². The fraction of sp³-hybridized carbons (Fsp3) is 0.231. The molecule has 2 aromatic rings. The predicted molar refractivity (Wildman–Crippen MR) is 78.9 cm³/mol. The first-order valence-corrected chi connectivity index (χ1v) is 6.91. The normalized spacial score (nSPS) is 11.9. The Kier molecular flexibility index (Phi) is 4.18. The summed E-state index contributed by atoms with van der Waals surface area (Å²) in [6.07, 6.45) is 1.70. The van der Waals surface area contributed by atoms with Gasteiger partial charge in [0, 0.05) is 17.1 Å². The van der Waals surface area contributed by atoms with Crippen LogP contribution in [0.25, 0.3) is 0 Å². The Morgan fingerprint density at radius 1 is 1.52 bits per heavy atom. The molecule has 110 valence electrons. The van der Waals surface area contributed by atoms with Crippen molar-refractivity contribution in [1.29, 1.82) is 0 Å². The van der Waals surface area contributed by atoms with Crippen molar-refractivity contribution in [2.24, 2.45) is 0 Å². The number of aromatic nitrogens is 1. The second-order valence-corrected chi connectivity index (χ2v) is 5.70. The van der Waals surface area contributed by atoms with Crippen molar-refractivity contribution < 1.29 is 14.8 Å². The third-order valence-corrected chi connectivity index (χ3v) is 3.94. The average molecular weight is 307 g/mol. The molecular weight excluding hydrogens is 294 g/mol. The predicted octanol–water partition coefficient (Wildman–Crippen LogP) is 3.23. The molecule has 0 spiro atoms. The molecule has 0 saturated heterocycles. The lowest BCUT2D eigenvalue weighted by Gasteiger charge is -2.14. The van der Waals surface area contributed by atoms with Gasteiger partial charge in [-0.15, -0.1) is 11.3 Å². The molecule has 2 rings (SSSR count). The highest BCUT2D eigenvalue weighted by atomic mass is 32.1. The highest BCUT2D eigenvalue weighted by molar-refractivity contribution is 7.11. The summed E-state index contributed by atoms with van der Waals surface area (Å²) in [7, 11) is 0. The van der Waals surface area contributed by atoms with E-state index >= 15 is 0 Å². The molecule has 0 aliphatic carbocycles. The number of hydrogen-bond donors (Lipinski definition) is 2. The summed E-state index contributed by atoms with van der Waals surface area (Å²) in [6, 6.07) is 3.62. The number of carbonyl (C=O) groups is 1. The Bertz CT molecular complexity index is 666. The highest BCUT2D eigenvalue weighted by Crippen LogP contribution is 2.32. The van der Waals surface area contributed by atoms with Gasteiger partial charge >= 0.3 is 5.97 Å². The molecular formula is C13H13N3O4S. The van der Waals surface area contributed by atoms with Gasteiger partial charge in [-0.25, -0.2) is 9.78 Å². The molecule has 1 atom stereocenters. The van der Waals surface area contributed by atoms with Gasteiger partial charge in [0.2, 0.25) is 0 Å². The largest absolute Gasteiger partial charge is 0.478 e. The van der Waals surface area contributed by atoms with E-state index < -0.39 is 10.9 Å². The van der Waals surface area contributed by atoms with Crippen molar-refractivity contribution in [1.82, 2.24) is 4.98 Å². The molecule has 8 heteroatoms. The Morgan fingerprint density at radius 3 is 2.76 bits per heavy atom. The monoisotopic (exact) mass is 307 g/mol. The van der Waals surface area contributed by atoms with E-state index in [2.05, 4.69) is 10.3 Å². The minimum Gasteiger partial charge on any atom is -0.478 e. The van der Waals surface area contributed by atoms with Crippen LogP contribution in [0.1, 0.15) is 33.2 Å². The summed E-state index contributed by atoms with van der Waals surface area (Å²) in [5.74, 6) is -1.22. The van der Waals surface area contributed by atoms with Crippen molar-refractivity contribution >= 4 is 28.7 Å². The van der Waals surface area contributed by atoms with Gasteiger partial charge in [-0.2, -0.15) is 0 Å². The summed E-state index contributed by atoms with van der Waals surface area (Å²) < 4.78 is 0. The molecule has 1 aromatic carbocycles. The van der Waals surface area contributed by atoms with Gasteiger partial charge in [-0.05, 0) is 19.9 Å².